The molecule has 1 atom stereocenters. The van der Waals surface area contributed by atoms with E-state index in [2.05, 4.69) is 5.32 Å². The SMILES string of the molecule is O=S(=O)(C1CCCCC1)N(CC1CCCCN1)C1CC1. The fourth-order valence-electron chi connectivity index (χ4n) is 3.67. The molecule has 0 spiro atoms. The summed E-state index contributed by atoms with van der Waals surface area (Å²) in [6.07, 6.45) is 10.9. The van der Waals surface area contributed by atoms with Crippen molar-refractivity contribution in [2.45, 2.75) is 81.5 Å². The maximum atomic E-state index is 12.9. The zero-order valence-electron chi connectivity index (χ0n) is 12.4. The van der Waals surface area contributed by atoms with Gasteiger partial charge in [-0.05, 0) is 45.1 Å². The fraction of sp³-hybridized carbons (Fsp3) is 1.00. The number of hydrogen-bond acceptors (Lipinski definition) is 3. The van der Waals surface area contributed by atoms with Crippen molar-refractivity contribution in [2.24, 2.45) is 0 Å². The lowest BCUT2D eigenvalue weighted by molar-refractivity contribution is 0.301. The van der Waals surface area contributed by atoms with Gasteiger partial charge in [0, 0.05) is 18.6 Å². The molecule has 116 valence electrons. The molecule has 1 saturated heterocycles. The highest BCUT2D eigenvalue weighted by Gasteiger charge is 2.42. The number of sulfonamides is 1. The first-order valence-electron chi connectivity index (χ1n) is 8.42. The van der Waals surface area contributed by atoms with Gasteiger partial charge in [-0.1, -0.05) is 25.7 Å². The molecule has 0 radical (unpaired) electrons. The molecule has 4 nitrogen and oxygen atoms in total. The van der Waals surface area contributed by atoms with Crippen molar-refractivity contribution < 1.29 is 8.42 Å². The molecule has 1 N–H and O–H groups in total. The molecule has 0 aromatic heterocycles. The van der Waals surface area contributed by atoms with Gasteiger partial charge in [0.25, 0.3) is 0 Å². The molecule has 2 saturated carbocycles. The molecule has 0 amide bonds. The zero-order valence-corrected chi connectivity index (χ0v) is 13.2. The highest BCUT2D eigenvalue weighted by Crippen LogP contribution is 2.34. The van der Waals surface area contributed by atoms with Crippen LogP contribution in [0.5, 0.6) is 0 Å². The van der Waals surface area contributed by atoms with Gasteiger partial charge < -0.3 is 5.32 Å². The first kappa shape index (κ1) is 14.8. The Bertz CT molecular complexity index is 408. The van der Waals surface area contributed by atoms with Gasteiger partial charge in [0.1, 0.15) is 0 Å². The van der Waals surface area contributed by atoms with Crippen LogP contribution in [0.4, 0.5) is 0 Å². The van der Waals surface area contributed by atoms with Crippen LogP contribution in [-0.2, 0) is 10.0 Å². The molecular weight excluding hydrogens is 272 g/mol. The third-order valence-corrected chi connectivity index (χ3v) is 7.48. The summed E-state index contributed by atoms with van der Waals surface area (Å²) in [6.45, 7) is 1.76. The zero-order chi connectivity index (χ0) is 14.0. The number of rotatable bonds is 5. The van der Waals surface area contributed by atoms with Crippen LogP contribution >= 0.6 is 0 Å². The molecule has 0 aromatic rings. The minimum absolute atomic E-state index is 0.0968. The Morgan fingerprint density at radius 3 is 2.20 bits per heavy atom. The van der Waals surface area contributed by atoms with Gasteiger partial charge in [-0.25, -0.2) is 8.42 Å². The lowest BCUT2D eigenvalue weighted by Crippen LogP contribution is -2.49. The van der Waals surface area contributed by atoms with Gasteiger partial charge in [0.05, 0.1) is 5.25 Å². The molecule has 3 aliphatic rings. The molecule has 5 heteroatoms. The first-order valence-corrected chi connectivity index (χ1v) is 9.92. The quantitative estimate of drug-likeness (QED) is 0.847. The van der Waals surface area contributed by atoms with Gasteiger partial charge in [-0.15, -0.1) is 0 Å². The number of nitrogens with one attached hydrogen (secondary N) is 1. The second-order valence-corrected chi connectivity index (χ2v) is 8.92. The summed E-state index contributed by atoms with van der Waals surface area (Å²) in [6, 6.07) is 0.688. The van der Waals surface area contributed by atoms with E-state index in [1.54, 1.807) is 0 Å². The second-order valence-electron chi connectivity index (χ2n) is 6.75. The first-order chi connectivity index (χ1) is 9.68. The van der Waals surface area contributed by atoms with Crippen molar-refractivity contribution in [1.29, 1.82) is 0 Å². The highest BCUT2D eigenvalue weighted by molar-refractivity contribution is 7.89. The summed E-state index contributed by atoms with van der Waals surface area (Å²) in [4.78, 5) is 0. The van der Waals surface area contributed by atoms with Gasteiger partial charge in [-0.3, -0.25) is 0 Å². The smallest absolute Gasteiger partial charge is 0.217 e. The van der Waals surface area contributed by atoms with Crippen LogP contribution < -0.4 is 5.32 Å². The third-order valence-electron chi connectivity index (χ3n) is 5.07. The van der Waals surface area contributed by atoms with Crippen molar-refractivity contribution in [1.82, 2.24) is 9.62 Å². The minimum atomic E-state index is -3.07. The van der Waals surface area contributed by atoms with Crippen molar-refractivity contribution in [3.8, 4) is 0 Å². The van der Waals surface area contributed by atoms with Crippen LogP contribution in [0.25, 0.3) is 0 Å². The van der Waals surface area contributed by atoms with Gasteiger partial charge in [-0.2, -0.15) is 4.31 Å². The molecular formula is C15H28N2O2S. The average molecular weight is 300 g/mol. The van der Waals surface area contributed by atoms with Gasteiger partial charge in [0.2, 0.25) is 10.0 Å². The lowest BCUT2D eigenvalue weighted by Gasteiger charge is -2.33. The molecule has 3 fully saturated rings. The molecule has 1 unspecified atom stereocenters. The van der Waals surface area contributed by atoms with Crippen LogP contribution in [0, 0.1) is 0 Å². The van der Waals surface area contributed by atoms with Crippen LogP contribution in [-0.4, -0.2) is 43.1 Å². The van der Waals surface area contributed by atoms with Crippen LogP contribution in [0.15, 0.2) is 0 Å². The summed E-state index contributed by atoms with van der Waals surface area (Å²) >= 11 is 0. The maximum Gasteiger partial charge on any atom is 0.217 e. The van der Waals surface area contributed by atoms with Crippen LogP contribution in [0.2, 0.25) is 0 Å². The summed E-state index contributed by atoms with van der Waals surface area (Å²) in [5.41, 5.74) is 0. The minimum Gasteiger partial charge on any atom is -0.313 e. The Balaban J connectivity index is 1.68. The van der Waals surface area contributed by atoms with Crippen molar-refractivity contribution in [2.75, 3.05) is 13.1 Å². The normalized spacial score (nSPS) is 29.8. The van der Waals surface area contributed by atoms with Gasteiger partial charge in [0.15, 0.2) is 0 Å². The standard InChI is InChI=1S/C15H28N2O2S/c18-20(19,15-7-2-1-3-8-15)17(14-9-10-14)12-13-6-4-5-11-16-13/h13-16H,1-12H2. The molecule has 20 heavy (non-hydrogen) atoms. The topological polar surface area (TPSA) is 49.4 Å². The Morgan fingerprint density at radius 2 is 1.60 bits per heavy atom. The predicted octanol–water partition coefficient (Wildman–Crippen LogP) is 2.26. The molecule has 0 bridgehead atoms. The maximum absolute atomic E-state index is 12.9. The van der Waals surface area contributed by atoms with E-state index in [0.29, 0.717) is 18.6 Å². The molecule has 0 aromatic carbocycles. The largest absolute Gasteiger partial charge is 0.313 e. The summed E-state index contributed by atoms with van der Waals surface area (Å²) in [5, 5.41) is 3.40. The van der Waals surface area contributed by atoms with E-state index in [-0.39, 0.29) is 5.25 Å². The van der Waals surface area contributed by atoms with E-state index >= 15 is 0 Å². The molecule has 3 rings (SSSR count). The third kappa shape index (κ3) is 3.37. The summed E-state index contributed by atoms with van der Waals surface area (Å²) in [7, 11) is -3.07. The van der Waals surface area contributed by atoms with Crippen molar-refractivity contribution in [3.63, 3.8) is 0 Å². The van der Waals surface area contributed by atoms with Crippen molar-refractivity contribution >= 4 is 10.0 Å². The van der Waals surface area contributed by atoms with E-state index in [0.717, 1.165) is 51.5 Å². The molecule has 1 aliphatic heterocycles. The Morgan fingerprint density at radius 1 is 0.900 bits per heavy atom. The molecule has 1 heterocycles. The van der Waals surface area contributed by atoms with Crippen LogP contribution in [0.3, 0.4) is 0 Å². The number of nitrogens with zero attached hydrogens (tertiary/aromatic N) is 1. The van der Waals surface area contributed by atoms with E-state index in [4.69, 9.17) is 0 Å². The fourth-order valence-corrected chi connectivity index (χ4v) is 6.00. The van der Waals surface area contributed by atoms with Crippen LogP contribution in [0.1, 0.15) is 64.2 Å². The monoisotopic (exact) mass is 300 g/mol. The van der Waals surface area contributed by atoms with E-state index in [9.17, 15) is 8.42 Å². The summed E-state index contributed by atoms with van der Waals surface area (Å²) < 4.78 is 27.8. The molecule has 2 aliphatic carbocycles. The second kappa shape index (κ2) is 6.32. The lowest BCUT2D eigenvalue weighted by atomic mass is 10.0. The van der Waals surface area contributed by atoms with Crippen molar-refractivity contribution in [3.05, 3.63) is 0 Å². The van der Waals surface area contributed by atoms with E-state index < -0.39 is 10.0 Å². The number of piperidine rings is 1. The predicted molar refractivity (Wildman–Crippen MR) is 81.2 cm³/mol. The van der Waals surface area contributed by atoms with Gasteiger partial charge >= 0.3 is 0 Å². The Labute approximate surface area is 123 Å². The van der Waals surface area contributed by atoms with E-state index in [1.807, 2.05) is 4.31 Å². The Hall–Kier alpha value is -0.130. The highest BCUT2D eigenvalue weighted by atomic mass is 32.2. The summed E-state index contributed by atoms with van der Waals surface area (Å²) in [5.74, 6) is 0. The van der Waals surface area contributed by atoms with E-state index in [1.165, 1.54) is 19.3 Å². The Kier molecular flexibility index (Phi) is 4.68. The average Bonchev–Trinajstić information content (AvgIpc) is 3.31. The number of hydrogen-bond donors (Lipinski definition) is 1.